The van der Waals surface area contributed by atoms with Crippen LogP contribution < -0.4 is 0 Å². The van der Waals surface area contributed by atoms with E-state index in [1.807, 2.05) is 11.8 Å². The Bertz CT molecular complexity index is 591. The van der Waals surface area contributed by atoms with Crippen molar-refractivity contribution >= 4 is 35.1 Å². The molecule has 1 aliphatic rings. The zero-order valence-corrected chi connectivity index (χ0v) is 23.5. The van der Waals surface area contributed by atoms with Gasteiger partial charge in [-0.25, -0.2) is 0 Å². The van der Waals surface area contributed by atoms with Crippen molar-refractivity contribution in [2.45, 2.75) is 90.6 Å². The van der Waals surface area contributed by atoms with E-state index in [1.165, 1.54) is 0 Å². The molecule has 33 heavy (non-hydrogen) atoms. The lowest BCUT2D eigenvalue weighted by atomic mass is 9.65. The molecule has 0 spiro atoms. The van der Waals surface area contributed by atoms with Gasteiger partial charge < -0.3 is 9.47 Å². The van der Waals surface area contributed by atoms with Crippen molar-refractivity contribution in [1.82, 2.24) is 0 Å². The summed E-state index contributed by atoms with van der Waals surface area (Å²) in [7, 11) is 0. The normalized spacial score (nSPS) is 21.6. The van der Waals surface area contributed by atoms with E-state index in [0.29, 0.717) is 67.3 Å². The summed E-state index contributed by atoms with van der Waals surface area (Å²) in [6.45, 7) is 15.6. The molecule has 4 nitrogen and oxygen atoms in total. The van der Waals surface area contributed by atoms with Crippen LogP contribution in [0.3, 0.4) is 0 Å². The Morgan fingerprint density at radius 3 is 2.12 bits per heavy atom. The fourth-order valence-electron chi connectivity index (χ4n) is 4.53. The summed E-state index contributed by atoms with van der Waals surface area (Å²) in [5, 5.41) is 0.683. The van der Waals surface area contributed by atoms with Crippen LogP contribution in [0.15, 0.2) is 12.2 Å². The number of carbonyl (C=O) groups excluding carboxylic acids is 2. The summed E-state index contributed by atoms with van der Waals surface area (Å²) < 4.78 is 11.3. The Kier molecular flexibility index (Phi) is 16.0. The van der Waals surface area contributed by atoms with E-state index in [0.717, 1.165) is 37.2 Å². The molecule has 0 aromatic heterocycles. The molecule has 0 heterocycles. The van der Waals surface area contributed by atoms with Crippen molar-refractivity contribution in [2.24, 2.45) is 17.3 Å². The van der Waals surface area contributed by atoms with E-state index < -0.39 is 0 Å². The first-order chi connectivity index (χ1) is 15.7. The third kappa shape index (κ3) is 13.4. The van der Waals surface area contributed by atoms with Gasteiger partial charge in [0.2, 0.25) is 0 Å². The van der Waals surface area contributed by atoms with Crippen molar-refractivity contribution in [1.29, 1.82) is 0 Å². The minimum atomic E-state index is 0.0569. The number of hydrogen-bond donors (Lipinski definition) is 0. The van der Waals surface area contributed by atoms with Gasteiger partial charge in [0, 0.05) is 47.2 Å². The first-order valence-corrected chi connectivity index (χ1v) is 14.9. The Morgan fingerprint density at radius 1 is 1.00 bits per heavy atom. The summed E-state index contributed by atoms with van der Waals surface area (Å²) in [6.07, 6.45) is 9.53. The van der Waals surface area contributed by atoms with Crippen LogP contribution in [0.5, 0.6) is 0 Å². The molecule has 4 atom stereocenters. The standard InChI is InChI=1S/C27H48O4S2/c1-7-8-11-24(28)19-22(3)32-17-15-30-13-14-31-16-18-33-23(4)20-25(29)26-21(2)10-9-12-27(26,5)6/h9-10,21-23,26H,7-8,11-20H2,1-6H3. The Balaban J connectivity index is 2.01. The molecule has 0 fully saturated rings. The number of hydrogen-bond acceptors (Lipinski definition) is 6. The van der Waals surface area contributed by atoms with Crippen molar-refractivity contribution in [3.63, 3.8) is 0 Å². The third-order valence-electron chi connectivity index (χ3n) is 6.24. The van der Waals surface area contributed by atoms with Gasteiger partial charge in [-0.1, -0.05) is 60.1 Å². The van der Waals surface area contributed by atoms with Crippen LogP contribution in [0.25, 0.3) is 0 Å². The number of allylic oxidation sites excluding steroid dienone is 2. The summed E-state index contributed by atoms with van der Waals surface area (Å²) >= 11 is 3.63. The van der Waals surface area contributed by atoms with Gasteiger partial charge in [0.15, 0.2) is 0 Å². The van der Waals surface area contributed by atoms with Gasteiger partial charge in [-0.15, -0.1) is 0 Å². The number of ketones is 2. The van der Waals surface area contributed by atoms with Crippen LogP contribution >= 0.6 is 23.5 Å². The van der Waals surface area contributed by atoms with E-state index in [9.17, 15) is 9.59 Å². The largest absolute Gasteiger partial charge is 0.378 e. The number of carbonyl (C=O) groups is 2. The zero-order chi connectivity index (χ0) is 24.7. The smallest absolute Gasteiger partial charge is 0.138 e. The molecular weight excluding hydrogens is 452 g/mol. The Labute approximate surface area is 211 Å². The fourth-order valence-corrected chi connectivity index (χ4v) is 6.35. The van der Waals surface area contributed by atoms with Gasteiger partial charge >= 0.3 is 0 Å². The average Bonchev–Trinajstić information content (AvgIpc) is 2.72. The zero-order valence-electron chi connectivity index (χ0n) is 21.9. The van der Waals surface area contributed by atoms with E-state index in [2.05, 4.69) is 53.7 Å². The molecule has 4 unspecified atom stereocenters. The SMILES string of the molecule is CCCCC(=O)CC(C)SCCOCCOCCSC(C)CC(=O)C1C(C)C=CCC1(C)C. The highest BCUT2D eigenvalue weighted by atomic mass is 32.2. The summed E-state index contributed by atoms with van der Waals surface area (Å²) in [5.41, 5.74) is 0.0569. The molecule has 0 radical (unpaired) electrons. The fraction of sp³-hybridized carbons (Fsp3) is 0.852. The first-order valence-electron chi connectivity index (χ1n) is 12.8. The quantitative estimate of drug-likeness (QED) is 0.147. The molecule has 192 valence electrons. The predicted octanol–water partition coefficient (Wildman–Crippen LogP) is 6.61. The van der Waals surface area contributed by atoms with E-state index in [4.69, 9.17) is 9.47 Å². The maximum absolute atomic E-state index is 12.9. The highest BCUT2D eigenvalue weighted by molar-refractivity contribution is 8.00. The van der Waals surface area contributed by atoms with E-state index in [-0.39, 0.29) is 11.3 Å². The number of unbranched alkanes of at least 4 members (excludes halogenated alkanes) is 1. The third-order valence-corrected chi connectivity index (χ3v) is 8.52. The van der Waals surface area contributed by atoms with Gasteiger partial charge in [-0.2, -0.15) is 23.5 Å². The molecule has 6 heteroatoms. The molecular formula is C27H48O4S2. The molecule has 0 aromatic carbocycles. The van der Waals surface area contributed by atoms with Crippen molar-refractivity contribution in [3.05, 3.63) is 12.2 Å². The lowest BCUT2D eigenvalue weighted by Gasteiger charge is -2.39. The number of ether oxygens (including phenoxy) is 2. The lowest BCUT2D eigenvalue weighted by molar-refractivity contribution is -0.128. The van der Waals surface area contributed by atoms with Crippen molar-refractivity contribution in [3.8, 4) is 0 Å². The molecule has 0 aromatic rings. The highest BCUT2D eigenvalue weighted by Gasteiger charge is 2.39. The number of Topliss-reactive ketones (excluding diaryl/α,β-unsaturated/α-hetero) is 2. The van der Waals surface area contributed by atoms with Gasteiger partial charge in [0.1, 0.15) is 11.6 Å². The maximum Gasteiger partial charge on any atom is 0.138 e. The minimum absolute atomic E-state index is 0.0569. The monoisotopic (exact) mass is 500 g/mol. The highest BCUT2D eigenvalue weighted by Crippen LogP contribution is 2.42. The Morgan fingerprint density at radius 2 is 1.58 bits per heavy atom. The predicted molar refractivity (Wildman–Crippen MR) is 144 cm³/mol. The van der Waals surface area contributed by atoms with Crippen LogP contribution in [0.2, 0.25) is 0 Å². The second-order valence-electron chi connectivity index (χ2n) is 10.1. The average molecular weight is 501 g/mol. The van der Waals surface area contributed by atoms with Crippen molar-refractivity contribution in [2.75, 3.05) is 37.9 Å². The second-order valence-corrected chi connectivity index (χ2v) is 13.2. The Hall–Kier alpha value is -0.300. The molecule has 0 saturated heterocycles. The maximum atomic E-state index is 12.9. The van der Waals surface area contributed by atoms with Crippen molar-refractivity contribution < 1.29 is 19.1 Å². The van der Waals surface area contributed by atoms with Crippen LogP contribution in [0.4, 0.5) is 0 Å². The molecule has 0 N–H and O–H groups in total. The summed E-state index contributed by atoms with van der Waals surface area (Å²) in [4.78, 5) is 24.7. The summed E-state index contributed by atoms with van der Waals surface area (Å²) in [6, 6.07) is 0. The van der Waals surface area contributed by atoms with Gasteiger partial charge in [0.25, 0.3) is 0 Å². The van der Waals surface area contributed by atoms with Crippen LogP contribution in [0, 0.1) is 17.3 Å². The van der Waals surface area contributed by atoms with Crippen LogP contribution in [-0.4, -0.2) is 60.0 Å². The number of rotatable bonds is 19. The van der Waals surface area contributed by atoms with Crippen LogP contribution in [-0.2, 0) is 19.1 Å². The van der Waals surface area contributed by atoms with Gasteiger partial charge in [-0.3, -0.25) is 9.59 Å². The molecule has 0 amide bonds. The molecule has 1 aliphatic carbocycles. The molecule has 0 saturated carbocycles. The van der Waals surface area contributed by atoms with Gasteiger partial charge in [-0.05, 0) is 24.2 Å². The van der Waals surface area contributed by atoms with E-state index >= 15 is 0 Å². The molecule has 0 bridgehead atoms. The topological polar surface area (TPSA) is 52.6 Å². The first kappa shape index (κ1) is 30.7. The van der Waals surface area contributed by atoms with Crippen LogP contribution in [0.1, 0.15) is 80.1 Å². The minimum Gasteiger partial charge on any atom is -0.378 e. The second kappa shape index (κ2) is 17.2. The molecule has 0 aliphatic heterocycles. The molecule has 1 rings (SSSR count). The number of thioether (sulfide) groups is 2. The summed E-state index contributed by atoms with van der Waals surface area (Å²) in [5.74, 6) is 3.06. The van der Waals surface area contributed by atoms with Gasteiger partial charge in [0.05, 0.1) is 26.4 Å². The van der Waals surface area contributed by atoms with E-state index in [1.54, 1.807) is 11.8 Å². The lowest BCUT2D eigenvalue weighted by Crippen LogP contribution is -2.38.